The smallest absolute Gasteiger partial charge is 0.145 e. The summed E-state index contributed by atoms with van der Waals surface area (Å²) in [6, 6.07) is 13.1. The molecule has 1 aliphatic heterocycles. The van der Waals surface area contributed by atoms with Gasteiger partial charge in [0, 0.05) is 17.5 Å². The predicted octanol–water partition coefficient (Wildman–Crippen LogP) is 4.99. The summed E-state index contributed by atoms with van der Waals surface area (Å²) in [6.07, 6.45) is 0.883. The number of rotatable bonds is 2. The van der Waals surface area contributed by atoms with Gasteiger partial charge in [-0.15, -0.1) is 0 Å². The zero-order valence-corrected chi connectivity index (χ0v) is 13.0. The molecule has 3 rings (SSSR count). The molecule has 0 aromatic heterocycles. The second-order valence-electron chi connectivity index (χ2n) is 5.40. The summed E-state index contributed by atoms with van der Waals surface area (Å²) in [5.41, 5.74) is 1.84. The average Bonchev–Trinajstić information content (AvgIpc) is 2.50. The molecule has 2 atom stereocenters. The lowest BCUT2D eigenvalue weighted by molar-refractivity contribution is 0.393. The van der Waals surface area contributed by atoms with Gasteiger partial charge in [0.1, 0.15) is 5.82 Å². The Morgan fingerprint density at radius 2 is 1.86 bits per heavy atom. The van der Waals surface area contributed by atoms with Gasteiger partial charge in [0.2, 0.25) is 0 Å². The molecule has 21 heavy (non-hydrogen) atoms. The number of piperidine rings is 1. The van der Waals surface area contributed by atoms with E-state index in [2.05, 4.69) is 11.4 Å². The van der Waals surface area contributed by atoms with Crippen molar-refractivity contribution >= 4 is 23.2 Å². The highest BCUT2D eigenvalue weighted by Gasteiger charge is 2.30. The molecule has 0 spiro atoms. The quantitative estimate of drug-likeness (QED) is 0.820. The lowest BCUT2D eigenvalue weighted by atomic mass is 9.77. The number of halogens is 3. The predicted molar refractivity (Wildman–Crippen MR) is 85.8 cm³/mol. The van der Waals surface area contributed by atoms with E-state index in [4.69, 9.17) is 23.2 Å². The maximum Gasteiger partial charge on any atom is 0.145 e. The van der Waals surface area contributed by atoms with Crippen molar-refractivity contribution < 1.29 is 4.39 Å². The van der Waals surface area contributed by atoms with Crippen LogP contribution in [0.25, 0.3) is 0 Å². The van der Waals surface area contributed by atoms with Gasteiger partial charge in [-0.25, -0.2) is 4.39 Å². The van der Waals surface area contributed by atoms with Crippen molar-refractivity contribution in [3.05, 3.63) is 69.5 Å². The van der Waals surface area contributed by atoms with Crippen molar-refractivity contribution in [3.8, 4) is 0 Å². The van der Waals surface area contributed by atoms with Gasteiger partial charge in [-0.1, -0.05) is 47.5 Å². The maximum absolute atomic E-state index is 14.4. The van der Waals surface area contributed by atoms with Crippen LogP contribution in [0.3, 0.4) is 0 Å². The first-order valence-corrected chi connectivity index (χ1v) is 7.82. The van der Waals surface area contributed by atoms with E-state index >= 15 is 0 Å². The van der Waals surface area contributed by atoms with Crippen molar-refractivity contribution in [1.29, 1.82) is 0 Å². The Balaban J connectivity index is 2.00. The number of benzene rings is 2. The molecule has 110 valence electrons. The van der Waals surface area contributed by atoms with Crippen LogP contribution in [0.15, 0.2) is 42.5 Å². The third-order valence-corrected chi connectivity index (χ3v) is 4.67. The molecule has 0 amide bonds. The van der Waals surface area contributed by atoms with Crippen LogP contribution in [0.4, 0.5) is 4.39 Å². The standard InChI is InChI=1S/C17H16Cl2FN/c18-12-4-1-3-11(9-12)15-10-21-8-7-13(15)14-5-2-6-16(19)17(14)20/h1-6,9,13,15,21H,7-8,10H2. The van der Waals surface area contributed by atoms with Crippen LogP contribution in [-0.4, -0.2) is 13.1 Å². The molecule has 0 radical (unpaired) electrons. The highest BCUT2D eigenvalue weighted by molar-refractivity contribution is 6.31. The minimum atomic E-state index is -0.293. The van der Waals surface area contributed by atoms with Gasteiger partial charge in [0.15, 0.2) is 0 Å². The molecule has 4 heteroatoms. The molecule has 2 unspecified atom stereocenters. The van der Waals surface area contributed by atoms with Gasteiger partial charge in [-0.05, 0) is 48.2 Å². The summed E-state index contributed by atoms with van der Waals surface area (Å²) < 4.78 is 14.4. The molecular weight excluding hydrogens is 308 g/mol. The van der Waals surface area contributed by atoms with Crippen LogP contribution >= 0.6 is 23.2 Å². The van der Waals surface area contributed by atoms with Gasteiger partial charge >= 0.3 is 0 Å². The van der Waals surface area contributed by atoms with Crippen molar-refractivity contribution in [1.82, 2.24) is 5.32 Å². The fraction of sp³-hybridized carbons (Fsp3) is 0.294. The van der Waals surface area contributed by atoms with Crippen LogP contribution in [0.2, 0.25) is 10.0 Å². The molecule has 0 saturated carbocycles. The molecule has 1 saturated heterocycles. The van der Waals surface area contributed by atoms with E-state index in [9.17, 15) is 4.39 Å². The monoisotopic (exact) mass is 323 g/mol. The van der Waals surface area contributed by atoms with Crippen LogP contribution in [0, 0.1) is 5.82 Å². The van der Waals surface area contributed by atoms with E-state index in [1.807, 2.05) is 30.3 Å². The van der Waals surface area contributed by atoms with Crippen LogP contribution in [0.1, 0.15) is 29.4 Å². The van der Waals surface area contributed by atoms with Gasteiger partial charge < -0.3 is 5.32 Å². The van der Waals surface area contributed by atoms with Crippen molar-refractivity contribution in [3.63, 3.8) is 0 Å². The van der Waals surface area contributed by atoms with E-state index in [0.717, 1.165) is 25.1 Å². The van der Waals surface area contributed by atoms with Gasteiger partial charge in [0.25, 0.3) is 0 Å². The van der Waals surface area contributed by atoms with Crippen molar-refractivity contribution in [2.45, 2.75) is 18.3 Å². The zero-order valence-electron chi connectivity index (χ0n) is 11.5. The Labute approximate surface area is 134 Å². The minimum absolute atomic E-state index is 0.114. The topological polar surface area (TPSA) is 12.0 Å². The van der Waals surface area contributed by atoms with Crippen molar-refractivity contribution in [2.75, 3.05) is 13.1 Å². The third kappa shape index (κ3) is 3.08. The molecule has 1 N–H and O–H groups in total. The first-order chi connectivity index (χ1) is 10.2. The Kier molecular flexibility index (Phi) is 4.48. The summed E-state index contributed by atoms with van der Waals surface area (Å²) in [7, 11) is 0. The van der Waals surface area contributed by atoms with E-state index in [1.54, 1.807) is 6.07 Å². The highest BCUT2D eigenvalue weighted by atomic mass is 35.5. The average molecular weight is 324 g/mol. The fourth-order valence-electron chi connectivity index (χ4n) is 3.13. The van der Waals surface area contributed by atoms with E-state index in [0.29, 0.717) is 10.6 Å². The van der Waals surface area contributed by atoms with Crippen LogP contribution < -0.4 is 5.32 Å². The molecule has 2 aromatic rings. The first kappa shape index (κ1) is 14.8. The van der Waals surface area contributed by atoms with E-state index in [-0.39, 0.29) is 22.7 Å². The molecule has 0 bridgehead atoms. The second-order valence-corrected chi connectivity index (χ2v) is 6.25. The van der Waals surface area contributed by atoms with Crippen LogP contribution in [-0.2, 0) is 0 Å². The Morgan fingerprint density at radius 3 is 2.67 bits per heavy atom. The summed E-state index contributed by atoms with van der Waals surface area (Å²) >= 11 is 12.0. The SMILES string of the molecule is Fc1c(Cl)cccc1C1CCNCC1c1cccc(Cl)c1. The molecule has 1 nitrogen and oxygen atoms in total. The van der Waals surface area contributed by atoms with Gasteiger partial charge in [-0.2, -0.15) is 0 Å². The minimum Gasteiger partial charge on any atom is -0.316 e. The molecule has 1 heterocycles. The lowest BCUT2D eigenvalue weighted by Gasteiger charge is -2.33. The summed E-state index contributed by atoms with van der Waals surface area (Å²) in [5, 5.41) is 4.29. The van der Waals surface area contributed by atoms with Gasteiger partial charge in [-0.3, -0.25) is 0 Å². The van der Waals surface area contributed by atoms with Crippen molar-refractivity contribution in [2.24, 2.45) is 0 Å². The van der Waals surface area contributed by atoms with Crippen LogP contribution in [0.5, 0.6) is 0 Å². The fourth-order valence-corrected chi connectivity index (χ4v) is 3.51. The highest BCUT2D eigenvalue weighted by Crippen LogP contribution is 2.40. The van der Waals surface area contributed by atoms with Gasteiger partial charge in [0.05, 0.1) is 5.02 Å². The Bertz CT molecular complexity index is 644. The number of hydrogen-bond acceptors (Lipinski definition) is 1. The second kappa shape index (κ2) is 6.35. The Morgan fingerprint density at radius 1 is 1.05 bits per heavy atom. The maximum atomic E-state index is 14.4. The lowest BCUT2D eigenvalue weighted by Crippen LogP contribution is -2.34. The van der Waals surface area contributed by atoms with E-state index in [1.165, 1.54) is 0 Å². The van der Waals surface area contributed by atoms with E-state index < -0.39 is 0 Å². The summed E-state index contributed by atoms with van der Waals surface area (Å²) in [4.78, 5) is 0. The number of nitrogens with one attached hydrogen (secondary N) is 1. The largest absolute Gasteiger partial charge is 0.316 e. The molecule has 0 aliphatic carbocycles. The molecule has 2 aromatic carbocycles. The number of hydrogen-bond donors (Lipinski definition) is 1. The molecular formula is C17H16Cl2FN. The Hall–Kier alpha value is -1.09. The third-order valence-electron chi connectivity index (χ3n) is 4.14. The first-order valence-electron chi connectivity index (χ1n) is 7.07. The normalized spacial score (nSPS) is 22.2. The molecule has 1 aliphatic rings. The zero-order chi connectivity index (χ0) is 14.8. The summed E-state index contributed by atoms with van der Waals surface area (Å²) in [6.45, 7) is 1.70. The molecule has 1 fully saturated rings. The summed E-state index contributed by atoms with van der Waals surface area (Å²) in [5.74, 6) is 0.0203.